The van der Waals surface area contributed by atoms with Crippen LogP contribution in [0.5, 0.6) is 0 Å². The molecule has 1 fully saturated rings. The third-order valence-corrected chi connectivity index (χ3v) is 5.29. The lowest BCUT2D eigenvalue weighted by molar-refractivity contribution is -0.0679. The van der Waals surface area contributed by atoms with Crippen LogP contribution in [0, 0.1) is 13.8 Å². The minimum Gasteiger partial charge on any atom is -0.373 e. The zero-order valence-corrected chi connectivity index (χ0v) is 18.9. The predicted molar refractivity (Wildman–Crippen MR) is 116 cm³/mol. The molecule has 0 aromatic carbocycles. The molecular weight excluding hydrogens is 352 g/mol. The number of aryl methyl sites for hydroxylation is 2. The zero-order valence-electron chi connectivity index (χ0n) is 18.9. The number of nitrogens with one attached hydrogen (secondary N) is 2. The van der Waals surface area contributed by atoms with Crippen molar-refractivity contribution in [3.05, 3.63) is 17.0 Å². The maximum atomic E-state index is 5.81. The van der Waals surface area contributed by atoms with Crippen LogP contribution >= 0.6 is 0 Å². The van der Waals surface area contributed by atoms with E-state index >= 15 is 0 Å². The van der Waals surface area contributed by atoms with E-state index in [1.54, 1.807) is 0 Å². The van der Waals surface area contributed by atoms with E-state index in [0.29, 0.717) is 18.2 Å². The molecule has 0 saturated carbocycles. The largest absolute Gasteiger partial charge is 0.373 e. The third-order valence-electron chi connectivity index (χ3n) is 5.29. The zero-order chi connectivity index (χ0) is 20.7. The van der Waals surface area contributed by atoms with Crippen molar-refractivity contribution < 1.29 is 4.74 Å². The lowest BCUT2D eigenvalue weighted by Crippen LogP contribution is -2.46. The number of hydrogen-bond acceptors (Lipinski definition) is 4. The van der Waals surface area contributed by atoms with Gasteiger partial charge in [0.1, 0.15) is 0 Å². The smallest absolute Gasteiger partial charge is 0.191 e. The first kappa shape index (κ1) is 22.7. The molecule has 2 rings (SSSR count). The Balaban J connectivity index is 1.82. The van der Waals surface area contributed by atoms with Gasteiger partial charge in [0.25, 0.3) is 0 Å². The molecule has 0 aliphatic carbocycles. The van der Waals surface area contributed by atoms with Gasteiger partial charge in [-0.05, 0) is 59.9 Å². The quantitative estimate of drug-likeness (QED) is 0.403. The summed E-state index contributed by atoms with van der Waals surface area (Å²) >= 11 is 0. The molecule has 0 radical (unpaired) electrons. The molecule has 3 atom stereocenters. The van der Waals surface area contributed by atoms with Crippen LogP contribution in [0.1, 0.15) is 51.1 Å². The maximum Gasteiger partial charge on any atom is 0.191 e. The van der Waals surface area contributed by atoms with Crippen molar-refractivity contribution in [3.63, 3.8) is 0 Å². The van der Waals surface area contributed by atoms with Crippen LogP contribution in [-0.4, -0.2) is 71.6 Å². The second-order valence-electron chi connectivity index (χ2n) is 8.15. The van der Waals surface area contributed by atoms with Crippen LogP contribution in [0.15, 0.2) is 4.99 Å². The average molecular weight is 393 g/mol. The SMILES string of the molecule is CCNC(=NCCCN1CC(C)OC(C)C1)NC(C)Cc1c(C)nn(C)c1C. The number of nitrogens with zero attached hydrogens (tertiary/aromatic N) is 4. The molecule has 0 spiro atoms. The Hall–Kier alpha value is -1.60. The lowest BCUT2D eigenvalue weighted by Gasteiger charge is -2.35. The number of aliphatic imine (C=N–C) groups is 1. The molecule has 160 valence electrons. The van der Waals surface area contributed by atoms with Crippen molar-refractivity contribution in [3.8, 4) is 0 Å². The summed E-state index contributed by atoms with van der Waals surface area (Å²) in [5, 5.41) is 11.4. The number of aromatic nitrogens is 2. The summed E-state index contributed by atoms with van der Waals surface area (Å²) in [6.45, 7) is 17.6. The van der Waals surface area contributed by atoms with Crippen molar-refractivity contribution in [1.29, 1.82) is 0 Å². The molecule has 0 bridgehead atoms. The van der Waals surface area contributed by atoms with Crippen molar-refractivity contribution in [2.75, 3.05) is 32.7 Å². The van der Waals surface area contributed by atoms with Gasteiger partial charge in [-0.3, -0.25) is 14.6 Å². The van der Waals surface area contributed by atoms with Crippen LogP contribution in [-0.2, 0) is 18.2 Å². The summed E-state index contributed by atoms with van der Waals surface area (Å²) < 4.78 is 7.77. The molecule has 7 nitrogen and oxygen atoms in total. The van der Waals surface area contributed by atoms with E-state index in [1.165, 1.54) is 11.3 Å². The molecule has 28 heavy (non-hydrogen) atoms. The van der Waals surface area contributed by atoms with Crippen LogP contribution in [0.3, 0.4) is 0 Å². The first-order valence-electron chi connectivity index (χ1n) is 10.7. The molecule has 1 saturated heterocycles. The van der Waals surface area contributed by atoms with Gasteiger partial charge >= 0.3 is 0 Å². The van der Waals surface area contributed by atoms with Crippen molar-refractivity contribution >= 4 is 5.96 Å². The van der Waals surface area contributed by atoms with Gasteiger partial charge in [0.05, 0.1) is 17.9 Å². The van der Waals surface area contributed by atoms with E-state index in [-0.39, 0.29) is 0 Å². The highest BCUT2D eigenvalue weighted by atomic mass is 16.5. The fourth-order valence-corrected chi connectivity index (χ4v) is 3.98. The first-order chi connectivity index (χ1) is 13.3. The summed E-state index contributed by atoms with van der Waals surface area (Å²) in [6, 6.07) is 0.292. The van der Waals surface area contributed by atoms with E-state index in [0.717, 1.165) is 57.2 Å². The fourth-order valence-electron chi connectivity index (χ4n) is 3.98. The molecule has 7 heteroatoms. The molecule has 2 heterocycles. The first-order valence-corrected chi connectivity index (χ1v) is 10.7. The van der Waals surface area contributed by atoms with Crippen LogP contribution in [0.25, 0.3) is 0 Å². The Labute approximate surface area is 170 Å². The Morgan fingerprint density at radius 2 is 1.96 bits per heavy atom. The van der Waals surface area contributed by atoms with Gasteiger partial charge in [-0.1, -0.05) is 0 Å². The maximum absolute atomic E-state index is 5.81. The summed E-state index contributed by atoms with van der Waals surface area (Å²) in [5.74, 6) is 0.901. The molecule has 1 aliphatic heterocycles. The summed E-state index contributed by atoms with van der Waals surface area (Å²) in [5.41, 5.74) is 3.68. The summed E-state index contributed by atoms with van der Waals surface area (Å²) in [4.78, 5) is 7.27. The van der Waals surface area contributed by atoms with Gasteiger partial charge in [0.2, 0.25) is 0 Å². The van der Waals surface area contributed by atoms with Gasteiger partial charge < -0.3 is 15.4 Å². The number of guanidine groups is 1. The number of hydrogen-bond donors (Lipinski definition) is 2. The molecule has 1 aromatic heterocycles. The monoisotopic (exact) mass is 392 g/mol. The third kappa shape index (κ3) is 6.78. The van der Waals surface area contributed by atoms with Gasteiger partial charge in [-0.15, -0.1) is 0 Å². The lowest BCUT2D eigenvalue weighted by atomic mass is 10.1. The second kappa shape index (κ2) is 10.8. The van der Waals surface area contributed by atoms with E-state index < -0.39 is 0 Å². The van der Waals surface area contributed by atoms with E-state index in [9.17, 15) is 0 Å². The van der Waals surface area contributed by atoms with Crippen molar-refractivity contribution in [2.24, 2.45) is 12.0 Å². The highest BCUT2D eigenvalue weighted by Gasteiger charge is 2.21. The van der Waals surface area contributed by atoms with Crippen LogP contribution in [0.2, 0.25) is 0 Å². The molecule has 3 unspecified atom stereocenters. The highest BCUT2D eigenvalue weighted by molar-refractivity contribution is 5.80. The number of rotatable bonds is 8. The Morgan fingerprint density at radius 1 is 1.29 bits per heavy atom. The van der Waals surface area contributed by atoms with E-state index in [4.69, 9.17) is 9.73 Å². The number of ether oxygens (including phenoxy) is 1. The Bertz CT molecular complexity index is 631. The second-order valence-corrected chi connectivity index (χ2v) is 8.15. The Morgan fingerprint density at radius 3 is 2.54 bits per heavy atom. The molecular formula is C21H40N6O. The minimum atomic E-state index is 0.292. The average Bonchev–Trinajstić information content (AvgIpc) is 2.84. The predicted octanol–water partition coefficient (Wildman–Crippen LogP) is 2.02. The van der Waals surface area contributed by atoms with Crippen molar-refractivity contribution in [2.45, 2.75) is 72.6 Å². The van der Waals surface area contributed by atoms with Gasteiger partial charge in [0, 0.05) is 51.5 Å². The summed E-state index contributed by atoms with van der Waals surface area (Å²) in [7, 11) is 2.01. The van der Waals surface area contributed by atoms with E-state index in [2.05, 4.69) is 62.2 Å². The van der Waals surface area contributed by atoms with Crippen molar-refractivity contribution in [1.82, 2.24) is 25.3 Å². The minimum absolute atomic E-state index is 0.292. The molecule has 1 aliphatic rings. The van der Waals surface area contributed by atoms with E-state index in [1.807, 2.05) is 11.7 Å². The standard InChI is InChI=1S/C21H40N6O/c1-8-22-21(23-10-9-11-27-13-16(3)28-17(4)14-27)24-15(2)12-20-18(5)25-26(7)19(20)6/h15-17H,8-14H2,1-7H3,(H2,22,23,24). The normalized spacial score (nSPS) is 22.3. The molecule has 0 amide bonds. The van der Waals surface area contributed by atoms with Crippen LogP contribution < -0.4 is 10.6 Å². The Kier molecular flexibility index (Phi) is 8.76. The summed E-state index contributed by atoms with van der Waals surface area (Å²) in [6.07, 6.45) is 2.66. The molecule has 2 N–H and O–H groups in total. The topological polar surface area (TPSA) is 66.7 Å². The van der Waals surface area contributed by atoms with Gasteiger partial charge in [-0.25, -0.2) is 0 Å². The highest BCUT2D eigenvalue weighted by Crippen LogP contribution is 2.14. The molecule has 1 aromatic rings. The number of morpholine rings is 1. The fraction of sp³-hybridized carbons (Fsp3) is 0.810. The van der Waals surface area contributed by atoms with Gasteiger partial charge in [0.15, 0.2) is 5.96 Å². The van der Waals surface area contributed by atoms with Gasteiger partial charge in [-0.2, -0.15) is 5.10 Å². The van der Waals surface area contributed by atoms with Crippen LogP contribution in [0.4, 0.5) is 0 Å².